The van der Waals surface area contributed by atoms with E-state index in [4.69, 9.17) is 4.74 Å². The van der Waals surface area contributed by atoms with Gasteiger partial charge in [-0.1, -0.05) is 12.1 Å². The Morgan fingerprint density at radius 3 is 2.71 bits per heavy atom. The third kappa shape index (κ3) is 3.49. The summed E-state index contributed by atoms with van der Waals surface area (Å²) in [5.74, 6) is 0.430. The van der Waals surface area contributed by atoms with Gasteiger partial charge in [-0.15, -0.1) is 0 Å². The molecule has 6 nitrogen and oxygen atoms in total. The van der Waals surface area contributed by atoms with Crippen LogP contribution < -0.4 is 10.1 Å². The fraction of sp³-hybridized carbons (Fsp3) is 0.333. The Kier molecular flexibility index (Phi) is 4.66. The van der Waals surface area contributed by atoms with E-state index >= 15 is 0 Å². The normalized spacial score (nSPS) is 20.8. The van der Waals surface area contributed by atoms with E-state index in [2.05, 4.69) is 10.3 Å². The number of nitrogens with zero attached hydrogens (tertiary/aromatic N) is 1. The second-order valence-electron chi connectivity index (χ2n) is 6.02. The summed E-state index contributed by atoms with van der Waals surface area (Å²) in [5.41, 5.74) is 1.25. The van der Waals surface area contributed by atoms with Gasteiger partial charge >= 0.3 is 0 Å². The van der Waals surface area contributed by atoms with Gasteiger partial charge in [0.1, 0.15) is 5.75 Å². The fourth-order valence-corrected chi connectivity index (χ4v) is 2.94. The average molecular weight is 328 g/mol. The number of amides is 1. The minimum absolute atomic E-state index is 0.0457. The van der Waals surface area contributed by atoms with Gasteiger partial charge in [-0.25, -0.2) is 4.98 Å². The quantitative estimate of drug-likeness (QED) is 0.781. The monoisotopic (exact) mass is 328 g/mol. The van der Waals surface area contributed by atoms with Crippen LogP contribution in [-0.4, -0.2) is 34.3 Å². The van der Waals surface area contributed by atoms with Crippen LogP contribution in [0.5, 0.6) is 11.6 Å². The van der Waals surface area contributed by atoms with Crippen molar-refractivity contribution in [3.05, 3.63) is 53.7 Å². The van der Waals surface area contributed by atoms with Crippen molar-refractivity contribution in [1.29, 1.82) is 0 Å². The average Bonchev–Trinajstić information content (AvgIpc) is 2.57. The minimum Gasteiger partial charge on any atom is -0.508 e. The van der Waals surface area contributed by atoms with Gasteiger partial charge in [0.15, 0.2) is 0 Å². The number of pyridine rings is 1. The summed E-state index contributed by atoms with van der Waals surface area (Å²) in [4.78, 5) is 16.7. The van der Waals surface area contributed by atoms with Gasteiger partial charge < -0.3 is 20.3 Å². The lowest BCUT2D eigenvalue weighted by Crippen LogP contribution is -2.41. The predicted octanol–water partition coefficient (Wildman–Crippen LogP) is 2.04. The topological polar surface area (TPSA) is 91.7 Å². The molecule has 3 rings (SSSR count). The first-order valence-corrected chi connectivity index (χ1v) is 7.84. The standard InChI is InChI=1S/C18H20N2O4/c1-24-16-6-5-12(10-19-16)17(13-8-15(22)9-13)20-18(23)11-3-2-4-14(21)7-11/h2-7,10,13,15,17,21-22H,8-9H2,1H3,(H,20,23). The molecular formula is C18H20N2O4. The molecule has 2 aromatic rings. The number of rotatable bonds is 5. The van der Waals surface area contributed by atoms with Crippen molar-refractivity contribution < 1.29 is 19.7 Å². The van der Waals surface area contributed by atoms with Gasteiger partial charge in [-0.3, -0.25) is 4.79 Å². The maximum Gasteiger partial charge on any atom is 0.251 e. The number of phenols is 1. The van der Waals surface area contributed by atoms with Gasteiger partial charge in [0, 0.05) is 17.8 Å². The zero-order valence-corrected chi connectivity index (χ0v) is 13.3. The van der Waals surface area contributed by atoms with Crippen molar-refractivity contribution in [1.82, 2.24) is 10.3 Å². The summed E-state index contributed by atoms with van der Waals surface area (Å²) in [5, 5.41) is 22.1. The molecule has 24 heavy (non-hydrogen) atoms. The highest BCUT2D eigenvalue weighted by Gasteiger charge is 2.36. The zero-order valence-electron chi connectivity index (χ0n) is 13.3. The molecule has 1 fully saturated rings. The Balaban J connectivity index is 1.80. The van der Waals surface area contributed by atoms with Crippen LogP contribution in [0.2, 0.25) is 0 Å². The molecule has 1 saturated carbocycles. The number of carbonyl (C=O) groups excluding carboxylic acids is 1. The van der Waals surface area contributed by atoms with E-state index in [0.29, 0.717) is 24.3 Å². The molecule has 1 aromatic carbocycles. The van der Waals surface area contributed by atoms with Crippen LogP contribution >= 0.6 is 0 Å². The van der Waals surface area contributed by atoms with E-state index in [1.165, 1.54) is 12.1 Å². The summed E-state index contributed by atoms with van der Waals surface area (Å²) >= 11 is 0. The summed E-state index contributed by atoms with van der Waals surface area (Å²) in [6.45, 7) is 0. The van der Waals surface area contributed by atoms with Gasteiger partial charge in [0.05, 0.1) is 19.3 Å². The Labute approximate surface area is 140 Å². The molecule has 0 radical (unpaired) electrons. The van der Waals surface area contributed by atoms with Crippen LogP contribution in [0, 0.1) is 5.92 Å². The molecule has 3 N–H and O–H groups in total. The van der Waals surface area contributed by atoms with Gasteiger partial charge in [-0.2, -0.15) is 0 Å². The van der Waals surface area contributed by atoms with E-state index in [9.17, 15) is 15.0 Å². The second-order valence-corrected chi connectivity index (χ2v) is 6.02. The Hall–Kier alpha value is -2.60. The molecule has 0 bridgehead atoms. The number of hydrogen-bond donors (Lipinski definition) is 3. The fourth-order valence-electron chi connectivity index (χ4n) is 2.94. The largest absolute Gasteiger partial charge is 0.508 e. The molecular weight excluding hydrogens is 308 g/mol. The number of hydrogen-bond acceptors (Lipinski definition) is 5. The lowest BCUT2D eigenvalue weighted by molar-refractivity contribution is 0.0234. The molecule has 0 saturated heterocycles. The lowest BCUT2D eigenvalue weighted by atomic mass is 9.75. The number of aromatic nitrogens is 1. The van der Waals surface area contributed by atoms with Crippen molar-refractivity contribution in [2.75, 3.05) is 7.11 Å². The first-order valence-electron chi connectivity index (χ1n) is 7.84. The molecule has 0 spiro atoms. The first kappa shape index (κ1) is 16.3. The third-order valence-electron chi connectivity index (χ3n) is 4.34. The minimum atomic E-state index is -0.318. The number of aliphatic hydroxyl groups excluding tert-OH is 1. The lowest BCUT2D eigenvalue weighted by Gasteiger charge is -2.38. The zero-order chi connectivity index (χ0) is 17.1. The van der Waals surface area contributed by atoms with Crippen LogP contribution in [0.15, 0.2) is 42.6 Å². The maximum absolute atomic E-state index is 12.5. The summed E-state index contributed by atoms with van der Waals surface area (Å²) in [6, 6.07) is 9.58. The number of ether oxygens (including phenoxy) is 1. The molecule has 1 unspecified atom stereocenters. The molecule has 1 aliphatic carbocycles. The van der Waals surface area contributed by atoms with Crippen molar-refractivity contribution >= 4 is 5.91 Å². The van der Waals surface area contributed by atoms with Gasteiger partial charge in [0.25, 0.3) is 5.91 Å². The molecule has 1 heterocycles. The maximum atomic E-state index is 12.5. The highest BCUT2D eigenvalue weighted by molar-refractivity contribution is 5.94. The van der Waals surface area contributed by atoms with Crippen LogP contribution in [0.4, 0.5) is 0 Å². The van der Waals surface area contributed by atoms with E-state index < -0.39 is 0 Å². The second kappa shape index (κ2) is 6.88. The van der Waals surface area contributed by atoms with Crippen molar-refractivity contribution in [2.24, 2.45) is 5.92 Å². The Morgan fingerprint density at radius 2 is 2.12 bits per heavy atom. The number of phenolic OH excluding ortho intramolecular Hbond substituents is 1. The number of carbonyl (C=O) groups is 1. The van der Waals surface area contributed by atoms with Crippen molar-refractivity contribution in [3.63, 3.8) is 0 Å². The number of benzene rings is 1. The molecule has 1 amide bonds. The van der Waals surface area contributed by atoms with Crippen LogP contribution in [0.25, 0.3) is 0 Å². The molecule has 0 aliphatic heterocycles. The smallest absolute Gasteiger partial charge is 0.251 e. The number of nitrogens with one attached hydrogen (secondary N) is 1. The highest BCUT2D eigenvalue weighted by Crippen LogP contribution is 2.38. The van der Waals surface area contributed by atoms with E-state index in [1.54, 1.807) is 31.5 Å². The Morgan fingerprint density at radius 1 is 1.33 bits per heavy atom. The number of methoxy groups -OCH3 is 1. The molecule has 1 aliphatic rings. The highest BCUT2D eigenvalue weighted by atomic mass is 16.5. The summed E-state index contributed by atoms with van der Waals surface area (Å²) in [6.07, 6.45) is 2.63. The van der Waals surface area contributed by atoms with Gasteiger partial charge in [-0.05, 0) is 42.5 Å². The van der Waals surface area contributed by atoms with E-state index in [-0.39, 0.29) is 29.7 Å². The molecule has 1 aromatic heterocycles. The van der Waals surface area contributed by atoms with Gasteiger partial charge in [0.2, 0.25) is 5.88 Å². The molecule has 126 valence electrons. The number of aromatic hydroxyl groups is 1. The SMILES string of the molecule is COc1ccc(C(NC(=O)c2cccc(O)c2)C2CC(O)C2)cn1. The predicted molar refractivity (Wildman–Crippen MR) is 87.8 cm³/mol. The summed E-state index contributed by atoms with van der Waals surface area (Å²) in [7, 11) is 1.55. The molecule has 1 atom stereocenters. The summed E-state index contributed by atoms with van der Waals surface area (Å²) < 4.78 is 5.06. The van der Waals surface area contributed by atoms with E-state index in [1.807, 2.05) is 6.07 Å². The Bertz CT molecular complexity index is 711. The number of aliphatic hydroxyl groups is 1. The third-order valence-corrected chi connectivity index (χ3v) is 4.34. The van der Waals surface area contributed by atoms with E-state index in [0.717, 1.165) is 5.56 Å². The van der Waals surface area contributed by atoms with Crippen molar-refractivity contribution in [2.45, 2.75) is 25.0 Å². The first-order chi connectivity index (χ1) is 11.6. The van der Waals surface area contributed by atoms with Crippen LogP contribution in [0.1, 0.15) is 34.8 Å². The molecule has 6 heteroatoms. The van der Waals surface area contributed by atoms with Crippen LogP contribution in [0.3, 0.4) is 0 Å². The van der Waals surface area contributed by atoms with Crippen molar-refractivity contribution in [3.8, 4) is 11.6 Å². The van der Waals surface area contributed by atoms with Crippen LogP contribution in [-0.2, 0) is 0 Å².